The van der Waals surface area contributed by atoms with Gasteiger partial charge in [-0.1, -0.05) is 68.5 Å². The third-order valence-electron chi connectivity index (χ3n) is 4.16. The molecule has 110 valence electrons. The van der Waals surface area contributed by atoms with Crippen LogP contribution in [0.2, 0.25) is 0 Å². The van der Waals surface area contributed by atoms with E-state index in [-0.39, 0.29) is 5.41 Å². The second-order valence-corrected chi connectivity index (χ2v) is 6.39. The molecular formula is C20H25N. The number of benzene rings is 2. The number of para-hydroxylation sites is 1. The Morgan fingerprint density at radius 2 is 1.52 bits per heavy atom. The monoisotopic (exact) mass is 279 g/mol. The van der Waals surface area contributed by atoms with Crippen molar-refractivity contribution in [2.24, 2.45) is 0 Å². The van der Waals surface area contributed by atoms with Crippen molar-refractivity contribution in [3.05, 3.63) is 71.8 Å². The van der Waals surface area contributed by atoms with Gasteiger partial charge in [-0.2, -0.15) is 0 Å². The summed E-state index contributed by atoms with van der Waals surface area (Å²) in [6, 6.07) is 17.4. The Bertz CT molecular complexity index is 633. The highest BCUT2D eigenvalue weighted by Gasteiger charge is 2.26. The van der Waals surface area contributed by atoms with Gasteiger partial charge in [0.15, 0.2) is 0 Å². The molecule has 0 spiro atoms. The van der Waals surface area contributed by atoms with Crippen molar-refractivity contribution in [3.63, 3.8) is 0 Å². The van der Waals surface area contributed by atoms with Gasteiger partial charge < -0.3 is 4.90 Å². The molecule has 1 nitrogen and oxygen atoms in total. The molecule has 0 bridgehead atoms. The van der Waals surface area contributed by atoms with Gasteiger partial charge in [0.25, 0.3) is 0 Å². The lowest BCUT2D eigenvalue weighted by molar-refractivity contribution is 0.640. The van der Waals surface area contributed by atoms with Crippen LogP contribution in [0.1, 0.15) is 37.5 Å². The molecule has 0 aromatic heterocycles. The van der Waals surface area contributed by atoms with Gasteiger partial charge in [0, 0.05) is 25.2 Å². The second-order valence-electron chi connectivity index (χ2n) is 6.39. The first-order chi connectivity index (χ1) is 9.84. The zero-order valence-electron chi connectivity index (χ0n) is 13.8. The van der Waals surface area contributed by atoms with Crippen molar-refractivity contribution in [2.75, 3.05) is 19.0 Å². The molecule has 0 aliphatic heterocycles. The molecule has 1 heteroatoms. The number of allylic oxidation sites excluding steroid dienone is 1. The maximum atomic E-state index is 4.01. The Kier molecular flexibility index (Phi) is 4.22. The van der Waals surface area contributed by atoms with E-state index in [9.17, 15) is 0 Å². The summed E-state index contributed by atoms with van der Waals surface area (Å²) >= 11 is 0. The van der Waals surface area contributed by atoms with Crippen molar-refractivity contribution in [2.45, 2.75) is 26.2 Å². The number of nitrogens with zero attached hydrogens (tertiary/aromatic N) is 1. The first kappa shape index (κ1) is 15.4. The fourth-order valence-corrected chi connectivity index (χ4v) is 2.72. The van der Waals surface area contributed by atoms with Crippen LogP contribution >= 0.6 is 0 Å². The highest BCUT2D eigenvalue weighted by molar-refractivity contribution is 5.63. The van der Waals surface area contributed by atoms with Crippen LogP contribution in [-0.4, -0.2) is 14.1 Å². The topological polar surface area (TPSA) is 3.24 Å². The SMILES string of the molecule is C=C(C)c1ccc(C(C)(C)c2ccccc2N(C)C)cc1. The number of anilines is 1. The lowest BCUT2D eigenvalue weighted by Gasteiger charge is -2.31. The molecule has 0 radical (unpaired) electrons. The summed E-state index contributed by atoms with van der Waals surface area (Å²) in [5.74, 6) is 0. The number of rotatable bonds is 4. The zero-order chi connectivity index (χ0) is 15.6. The van der Waals surface area contributed by atoms with Gasteiger partial charge >= 0.3 is 0 Å². The normalized spacial score (nSPS) is 11.3. The van der Waals surface area contributed by atoms with E-state index in [1.807, 2.05) is 6.92 Å². The smallest absolute Gasteiger partial charge is 0.0402 e. The molecule has 0 atom stereocenters. The Morgan fingerprint density at radius 3 is 2.05 bits per heavy atom. The van der Waals surface area contributed by atoms with E-state index >= 15 is 0 Å². The van der Waals surface area contributed by atoms with E-state index in [0.29, 0.717) is 0 Å². The summed E-state index contributed by atoms with van der Waals surface area (Å²) < 4.78 is 0. The summed E-state index contributed by atoms with van der Waals surface area (Å²) in [7, 11) is 4.19. The maximum Gasteiger partial charge on any atom is 0.0402 e. The van der Waals surface area contributed by atoms with Crippen LogP contribution in [0.5, 0.6) is 0 Å². The second kappa shape index (κ2) is 5.77. The molecule has 2 aromatic carbocycles. The van der Waals surface area contributed by atoms with Crippen molar-refractivity contribution in [3.8, 4) is 0 Å². The fraction of sp³-hybridized carbons (Fsp3) is 0.300. The Morgan fingerprint density at radius 1 is 0.952 bits per heavy atom. The molecule has 0 aliphatic rings. The lowest BCUT2D eigenvalue weighted by atomic mass is 9.77. The molecule has 0 heterocycles. The van der Waals surface area contributed by atoms with Crippen LogP contribution in [0.3, 0.4) is 0 Å². The molecular weight excluding hydrogens is 254 g/mol. The Balaban J connectivity index is 2.49. The molecule has 21 heavy (non-hydrogen) atoms. The largest absolute Gasteiger partial charge is 0.377 e. The number of hydrogen-bond donors (Lipinski definition) is 0. The first-order valence-corrected chi connectivity index (χ1v) is 7.37. The van der Waals surface area contributed by atoms with Crippen molar-refractivity contribution in [1.29, 1.82) is 0 Å². The van der Waals surface area contributed by atoms with Gasteiger partial charge in [0.1, 0.15) is 0 Å². The van der Waals surface area contributed by atoms with Gasteiger partial charge in [0.05, 0.1) is 0 Å². The third kappa shape index (κ3) is 3.02. The third-order valence-corrected chi connectivity index (χ3v) is 4.16. The van der Waals surface area contributed by atoms with Crippen LogP contribution in [0.15, 0.2) is 55.1 Å². The van der Waals surface area contributed by atoms with E-state index in [4.69, 9.17) is 0 Å². The summed E-state index contributed by atoms with van der Waals surface area (Å²) in [4.78, 5) is 2.18. The van der Waals surface area contributed by atoms with E-state index in [0.717, 1.165) is 5.57 Å². The molecule has 2 rings (SSSR count). The minimum Gasteiger partial charge on any atom is -0.377 e. The van der Waals surface area contributed by atoms with Crippen LogP contribution in [-0.2, 0) is 5.41 Å². The zero-order valence-corrected chi connectivity index (χ0v) is 13.8. The standard InChI is InChI=1S/C20H25N/c1-15(2)16-11-13-17(14-12-16)20(3,4)18-9-7-8-10-19(18)21(5)6/h7-14H,1H2,2-6H3. The van der Waals surface area contributed by atoms with E-state index in [1.165, 1.54) is 22.4 Å². The molecule has 0 unspecified atom stereocenters. The summed E-state index contributed by atoms with van der Waals surface area (Å²) in [6.45, 7) is 10.6. The van der Waals surface area contributed by atoms with Crippen molar-refractivity contribution in [1.82, 2.24) is 0 Å². The van der Waals surface area contributed by atoms with Crippen LogP contribution in [0.25, 0.3) is 5.57 Å². The summed E-state index contributed by atoms with van der Waals surface area (Å²) in [5, 5.41) is 0. The van der Waals surface area contributed by atoms with Crippen LogP contribution in [0, 0.1) is 0 Å². The Hall–Kier alpha value is -2.02. The highest BCUT2D eigenvalue weighted by atomic mass is 15.1. The summed E-state index contributed by atoms with van der Waals surface area (Å²) in [6.07, 6.45) is 0. The van der Waals surface area contributed by atoms with Gasteiger partial charge in [-0.25, -0.2) is 0 Å². The number of hydrogen-bond acceptors (Lipinski definition) is 1. The van der Waals surface area contributed by atoms with Gasteiger partial charge in [-0.3, -0.25) is 0 Å². The molecule has 0 N–H and O–H groups in total. The maximum absolute atomic E-state index is 4.01. The molecule has 0 saturated carbocycles. The fourth-order valence-electron chi connectivity index (χ4n) is 2.72. The van der Waals surface area contributed by atoms with E-state index in [2.05, 4.69) is 88.0 Å². The van der Waals surface area contributed by atoms with E-state index in [1.54, 1.807) is 0 Å². The molecule has 0 aliphatic carbocycles. The minimum absolute atomic E-state index is 0.0333. The molecule has 2 aromatic rings. The minimum atomic E-state index is -0.0333. The Labute approximate surface area is 128 Å². The average molecular weight is 279 g/mol. The highest BCUT2D eigenvalue weighted by Crippen LogP contribution is 2.37. The van der Waals surface area contributed by atoms with Gasteiger partial charge in [-0.15, -0.1) is 0 Å². The van der Waals surface area contributed by atoms with Crippen LogP contribution in [0.4, 0.5) is 5.69 Å². The van der Waals surface area contributed by atoms with Gasteiger partial charge in [-0.05, 0) is 29.7 Å². The molecule has 0 saturated heterocycles. The van der Waals surface area contributed by atoms with Crippen LogP contribution < -0.4 is 4.90 Å². The quantitative estimate of drug-likeness (QED) is 0.751. The van der Waals surface area contributed by atoms with Crippen molar-refractivity contribution < 1.29 is 0 Å². The molecule has 0 amide bonds. The molecule has 0 fully saturated rings. The lowest BCUT2D eigenvalue weighted by Crippen LogP contribution is -2.23. The van der Waals surface area contributed by atoms with E-state index < -0.39 is 0 Å². The van der Waals surface area contributed by atoms with Gasteiger partial charge in [0.2, 0.25) is 0 Å². The summed E-state index contributed by atoms with van der Waals surface area (Å²) in [5.41, 5.74) is 6.21. The van der Waals surface area contributed by atoms with Crippen molar-refractivity contribution >= 4 is 11.3 Å². The average Bonchev–Trinajstić information content (AvgIpc) is 2.47. The predicted octanol–water partition coefficient (Wildman–Crippen LogP) is 5.11. The first-order valence-electron chi connectivity index (χ1n) is 7.37. The predicted molar refractivity (Wildman–Crippen MR) is 94.0 cm³/mol.